The number of rotatable bonds is 3. The van der Waals surface area contributed by atoms with Gasteiger partial charge in [0.15, 0.2) is 0 Å². The molecule has 0 aliphatic heterocycles. The van der Waals surface area contributed by atoms with Gasteiger partial charge in [-0.2, -0.15) is 0 Å². The summed E-state index contributed by atoms with van der Waals surface area (Å²) in [7, 11) is 1.91. The molecule has 1 N–H and O–H groups in total. The molecule has 0 amide bonds. The van der Waals surface area contributed by atoms with E-state index in [0.29, 0.717) is 6.42 Å². The highest BCUT2D eigenvalue weighted by Gasteiger charge is 2.11. The van der Waals surface area contributed by atoms with Crippen molar-refractivity contribution < 1.29 is 4.79 Å². The molecule has 0 radical (unpaired) electrons. The molecule has 2 nitrogen and oxygen atoms in total. The van der Waals surface area contributed by atoms with Crippen LogP contribution in [0.25, 0.3) is 0 Å². The number of anilines is 1. The van der Waals surface area contributed by atoms with E-state index in [1.165, 1.54) is 16.7 Å². The Morgan fingerprint density at radius 3 is 2.33 bits per heavy atom. The summed E-state index contributed by atoms with van der Waals surface area (Å²) in [5, 5.41) is 3.20. The highest BCUT2D eigenvalue weighted by Crippen LogP contribution is 2.27. The largest absolute Gasteiger partial charge is 0.388 e. The number of carbonyl (C=O) groups is 1. The minimum atomic E-state index is 0.206. The zero-order valence-corrected chi connectivity index (χ0v) is 10.2. The summed E-state index contributed by atoms with van der Waals surface area (Å²) >= 11 is 0. The Bertz CT molecular complexity index is 394. The molecule has 0 spiro atoms. The number of nitrogens with one attached hydrogen (secondary N) is 1. The monoisotopic (exact) mass is 205 g/mol. The minimum absolute atomic E-state index is 0.206. The molecular weight excluding hydrogens is 186 g/mol. The summed E-state index contributed by atoms with van der Waals surface area (Å²) in [6.07, 6.45) is 0.517. The average Bonchev–Trinajstić information content (AvgIpc) is 2.14. The number of carbonyl (C=O) groups excluding carboxylic acids is 1. The summed E-state index contributed by atoms with van der Waals surface area (Å²) in [5.74, 6) is 0.206. The van der Waals surface area contributed by atoms with E-state index < -0.39 is 0 Å². The first-order valence-corrected chi connectivity index (χ1v) is 5.24. The van der Waals surface area contributed by atoms with Crippen molar-refractivity contribution in [3.8, 4) is 0 Å². The lowest BCUT2D eigenvalue weighted by Gasteiger charge is -2.16. The molecule has 2 heteroatoms. The van der Waals surface area contributed by atoms with E-state index in [9.17, 15) is 4.79 Å². The van der Waals surface area contributed by atoms with Gasteiger partial charge in [-0.3, -0.25) is 4.79 Å². The van der Waals surface area contributed by atoms with Gasteiger partial charge in [0.25, 0.3) is 0 Å². The molecule has 15 heavy (non-hydrogen) atoms. The van der Waals surface area contributed by atoms with Gasteiger partial charge in [0.05, 0.1) is 0 Å². The van der Waals surface area contributed by atoms with Crippen molar-refractivity contribution in [1.29, 1.82) is 0 Å². The number of benzene rings is 1. The third-order valence-electron chi connectivity index (χ3n) is 2.85. The Hall–Kier alpha value is -1.31. The van der Waals surface area contributed by atoms with E-state index in [1.807, 2.05) is 7.05 Å². The second-order valence-corrected chi connectivity index (χ2v) is 4.12. The van der Waals surface area contributed by atoms with Crippen LogP contribution in [-0.2, 0) is 11.2 Å². The molecule has 0 saturated heterocycles. The summed E-state index contributed by atoms with van der Waals surface area (Å²) in [4.78, 5) is 11.2. The number of hydrogen-bond acceptors (Lipinski definition) is 2. The Balaban J connectivity index is 3.35. The van der Waals surface area contributed by atoms with Gasteiger partial charge >= 0.3 is 0 Å². The molecule has 0 unspecified atom stereocenters. The molecule has 1 aromatic carbocycles. The average molecular weight is 205 g/mol. The van der Waals surface area contributed by atoms with Gasteiger partial charge in [-0.1, -0.05) is 6.07 Å². The SMILES string of the molecule is CNc1c(C)c(C)cc(C)c1CC(C)=O. The van der Waals surface area contributed by atoms with Crippen molar-refractivity contribution in [2.24, 2.45) is 0 Å². The second-order valence-electron chi connectivity index (χ2n) is 4.12. The van der Waals surface area contributed by atoms with Crippen molar-refractivity contribution in [2.45, 2.75) is 34.1 Å². The molecule has 0 fully saturated rings. The fraction of sp³-hybridized carbons (Fsp3) is 0.462. The Morgan fingerprint density at radius 2 is 1.87 bits per heavy atom. The van der Waals surface area contributed by atoms with Crippen molar-refractivity contribution in [2.75, 3.05) is 12.4 Å². The molecular formula is C13H19NO. The molecule has 1 rings (SSSR count). The summed E-state index contributed by atoms with van der Waals surface area (Å²) in [5.41, 5.74) is 5.94. The number of hydrogen-bond donors (Lipinski definition) is 1. The highest BCUT2D eigenvalue weighted by atomic mass is 16.1. The fourth-order valence-corrected chi connectivity index (χ4v) is 1.96. The van der Waals surface area contributed by atoms with Crippen LogP contribution >= 0.6 is 0 Å². The molecule has 0 heterocycles. The van der Waals surface area contributed by atoms with Crippen LogP contribution in [0.3, 0.4) is 0 Å². The van der Waals surface area contributed by atoms with Crippen molar-refractivity contribution in [1.82, 2.24) is 0 Å². The minimum Gasteiger partial charge on any atom is -0.388 e. The van der Waals surface area contributed by atoms with Gasteiger partial charge in [0.1, 0.15) is 5.78 Å². The maximum absolute atomic E-state index is 11.2. The lowest BCUT2D eigenvalue weighted by Crippen LogP contribution is -2.06. The van der Waals surface area contributed by atoms with Crippen LogP contribution in [0.2, 0.25) is 0 Å². The molecule has 0 bridgehead atoms. The van der Waals surface area contributed by atoms with Crippen LogP contribution in [0.1, 0.15) is 29.2 Å². The van der Waals surface area contributed by atoms with Crippen molar-refractivity contribution >= 4 is 11.5 Å². The number of aryl methyl sites for hydroxylation is 2. The molecule has 0 aliphatic rings. The first-order valence-electron chi connectivity index (χ1n) is 5.24. The zero-order valence-electron chi connectivity index (χ0n) is 10.2. The van der Waals surface area contributed by atoms with Crippen LogP contribution < -0.4 is 5.32 Å². The standard InChI is InChI=1S/C13H19NO/c1-8-6-9(2)12(7-10(3)15)13(14-5)11(8)4/h6,14H,7H2,1-5H3. The van der Waals surface area contributed by atoms with Crippen molar-refractivity contribution in [3.63, 3.8) is 0 Å². The van der Waals surface area contributed by atoms with Crippen LogP contribution in [0.5, 0.6) is 0 Å². The van der Waals surface area contributed by atoms with Gasteiger partial charge in [-0.15, -0.1) is 0 Å². The van der Waals surface area contributed by atoms with Crippen LogP contribution in [0, 0.1) is 20.8 Å². The van der Waals surface area contributed by atoms with E-state index in [-0.39, 0.29) is 5.78 Å². The normalized spacial score (nSPS) is 10.2. The zero-order chi connectivity index (χ0) is 11.6. The Labute approximate surface area is 91.7 Å². The van der Waals surface area contributed by atoms with Gasteiger partial charge < -0.3 is 5.32 Å². The second kappa shape index (κ2) is 4.47. The van der Waals surface area contributed by atoms with Gasteiger partial charge in [0, 0.05) is 19.2 Å². The van der Waals surface area contributed by atoms with E-state index in [2.05, 4.69) is 32.2 Å². The van der Waals surface area contributed by atoms with Gasteiger partial charge in [-0.05, 0) is 49.9 Å². The van der Waals surface area contributed by atoms with Crippen LogP contribution in [0.15, 0.2) is 6.07 Å². The lowest BCUT2D eigenvalue weighted by molar-refractivity contribution is -0.116. The van der Waals surface area contributed by atoms with Gasteiger partial charge in [-0.25, -0.2) is 0 Å². The predicted molar refractivity (Wildman–Crippen MR) is 64.6 cm³/mol. The molecule has 82 valence electrons. The number of ketones is 1. The maximum Gasteiger partial charge on any atom is 0.134 e. The van der Waals surface area contributed by atoms with Gasteiger partial charge in [0.2, 0.25) is 0 Å². The number of Topliss-reactive ketones (excluding diaryl/α,β-unsaturated/α-hetero) is 1. The maximum atomic E-state index is 11.2. The van der Waals surface area contributed by atoms with Crippen LogP contribution in [0.4, 0.5) is 5.69 Å². The first-order chi connectivity index (χ1) is 6.97. The van der Waals surface area contributed by atoms with E-state index in [4.69, 9.17) is 0 Å². The highest BCUT2D eigenvalue weighted by molar-refractivity contribution is 5.81. The quantitative estimate of drug-likeness (QED) is 0.822. The third kappa shape index (κ3) is 2.38. The molecule has 0 atom stereocenters. The summed E-state index contributed by atoms with van der Waals surface area (Å²) in [6, 6.07) is 2.15. The molecule has 0 aliphatic carbocycles. The van der Waals surface area contributed by atoms with Crippen molar-refractivity contribution in [3.05, 3.63) is 28.3 Å². The summed E-state index contributed by atoms with van der Waals surface area (Å²) < 4.78 is 0. The fourth-order valence-electron chi connectivity index (χ4n) is 1.96. The molecule has 1 aromatic rings. The summed E-state index contributed by atoms with van der Waals surface area (Å²) in [6.45, 7) is 7.88. The van der Waals surface area contributed by atoms with E-state index in [0.717, 1.165) is 11.3 Å². The molecule has 0 aromatic heterocycles. The van der Waals surface area contributed by atoms with Crippen LogP contribution in [-0.4, -0.2) is 12.8 Å². The first kappa shape index (κ1) is 11.8. The smallest absolute Gasteiger partial charge is 0.134 e. The Kier molecular flexibility index (Phi) is 3.51. The Morgan fingerprint density at radius 1 is 1.27 bits per heavy atom. The topological polar surface area (TPSA) is 29.1 Å². The molecule has 0 saturated carbocycles. The lowest BCUT2D eigenvalue weighted by atomic mass is 9.95. The predicted octanol–water partition coefficient (Wildman–Crippen LogP) is 2.79. The van der Waals surface area contributed by atoms with E-state index >= 15 is 0 Å². The third-order valence-corrected chi connectivity index (χ3v) is 2.85. The van der Waals surface area contributed by atoms with E-state index in [1.54, 1.807) is 6.92 Å².